The summed E-state index contributed by atoms with van der Waals surface area (Å²) in [6.45, 7) is 1.15. The summed E-state index contributed by atoms with van der Waals surface area (Å²) >= 11 is 6.13. The normalized spacial score (nSPS) is 10.6. The second-order valence-electron chi connectivity index (χ2n) is 5.15. The molecule has 0 radical (unpaired) electrons. The Balaban J connectivity index is 1.64. The fourth-order valence-electron chi connectivity index (χ4n) is 2.30. The average molecular weight is 361 g/mol. The van der Waals surface area contributed by atoms with Gasteiger partial charge in [-0.1, -0.05) is 11.6 Å². The van der Waals surface area contributed by atoms with Gasteiger partial charge in [0.1, 0.15) is 18.4 Å². The number of aromatic nitrogens is 4. The van der Waals surface area contributed by atoms with Crippen molar-refractivity contribution in [3.63, 3.8) is 0 Å². The Morgan fingerprint density at radius 2 is 2.32 bits per heavy atom. The van der Waals surface area contributed by atoms with Crippen molar-refractivity contribution < 1.29 is 13.9 Å². The van der Waals surface area contributed by atoms with Crippen molar-refractivity contribution in [2.75, 3.05) is 13.7 Å². The molecule has 2 aromatic heterocycles. The van der Waals surface area contributed by atoms with Crippen LogP contribution >= 0.6 is 11.6 Å². The van der Waals surface area contributed by atoms with Crippen molar-refractivity contribution >= 4 is 17.5 Å². The third-order valence-electron chi connectivity index (χ3n) is 3.51. The summed E-state index contributed by atoms with van der Waals surface area (Å²) in [4.78, 5) is 20.2. The van der Waals surface area contributed by atoms with E-state index in [1.54, 1.807) is 29.2 Å². The molecular formula is C16H16ClN5O3. The van der Waals surface area contributed by atoms with Gasteiger partial charge in [0.15, 0.2) is 17.8 Å². The quantitative estimate of drug-likeness (QED) is 0.650. The maximum absolute atomic E-state index is 12.3. The Morgan fingerprint density at radius 1 is 1.44 bits per heavy atom. The van der Waals surface area contributed by atoms with Crippen LogP contribution < -0.4 is 10.1 Å². The Kier molecular flexibility index (Phi) is 5.30. The molecule has 1 amide bonds. The molecule has 3 rings (SSSR count). The molecule has 25 heavy (non-hydrogen) atoms. The van der Waals surface area contributed by atoms with Gasteiger partial charge in [-0.05, 0) is 24.6 Å². The van der Waals surface area contributed by atoms with Gasteiger partial charge in [0.05, 0.1) is 12.1 Å². The molecule has 8 nitrogen and oxygen atoms in total. The topological polar surface area (TPSA) is 95.1 Å². The zero-order valence-corrected chi connectivity index (χ0v) is 14.2. The summed E-state index contributed by atoms with van der Waals surface area (Å²) in [5.41, 5.74) is 0.859. The summed E-state index contributed by atoms with van der Waals surface area (Å²) < 4.78 is 12.2. The highest BCUT2D eigenvalue weighted by Crippen LogP contribution is 2.31. The number of rotatable bonds is 7. The number of methoxy groups -OCH3 is 1. The van der Waals surface area contributed by atoms with Gasteiger partial charge in [0.2, 0.25) is 0 Å². The van der Waals surface area contributed by atoms with Gasteiger partial charge in [0, 0.05) is 18.7 Å². The largest absolute Gasteiger partial charge is 0.495 e. The molecule has 130 valence electrons. The number of hydrogen-bond donors (Lipinski definition) is 1. The Labute approximate surface area is 148 Å². The molecule has 0 unspecified atom stereocenters. The Morgan fingerprint density at radius 3 is 3.04 bits per heavy atom. The minimum absolute atomic E-state index is 0.210. The van der Waals surface area contributed by atoms with Crippen LogP contribution in [0.5, 0.6) is 5.75 Å². The highest BCUT2D eigenvalue weighted by atomic mass is 35.5. The van der Waals surface area contributed by atoms with Crippen molar-refractivity contribution in [2.45, 2.75) is 13.0 Å². The van der Waals surface area contributed by atoms with Gasteiger partial charge in [-0.25, -0.2) is 9.97 Å². The number of carbonyl (C=O) groups excluding carboxylic acids is 1. The average Bonchev–Trinajstić information content (AvgIpc) is 3.30. The van der Waals surface area contributed by atoms with E-state index < -0.39 is 0 Å². The molecule has 3 aromatic rings. The number of carbonyl (C=O) groups is 1. The molecule has 0 aliphatic heterocycles. The molecule has 2 heterocycles. The minimum atomic E-state index is -0.311. The molecule has 0 aliphatic carbocycles. The lowest BCUT2D eigenvalue weighted by molar-refractivity contribution is 0.0948. The molecule has 1 N–H and O–H groups in total. The molecule has 0 fully saturated rings. The summed E-state index contributed by atoms with van der Waals surface area (Å²) in [6, 6.07) is 5.13. The van der Waals surface area contributed by atoms with Crippen LogP contribution in [0.1, 0.15) is 16.9 Å². The van der Waals surface area contributed by atoms with Crippen LogP contribution in [0.15, 0.2) is 41.7 Å². The summed E-state index contributed by atoms with van der Waals surface area (Å²) in [7, 11) is 1.54. The van der Waals surface area contributed by atoms with Gasteiger partial charge in [-0.2, -0.15) is 5.10 Å². The van der Waals surface area contributed by atoms with Gasteiger partial charge in [-0.15, -0.1) is 0 Å². The number of aryl methyl sites for hydroxylation is 1. The van der Waals surface area contributed by atoms with Crippen molar-refractivity contribution in [3.05, 3.63) is 48.0 Å². The number of oxazole rings is 1. The number of nitrogens with zero attached hydrogens (tertiary/aromatic N) is 4. The molecule has 0 bridgehead atoms. The van der Waals surface area contributed by atoms with E-state index in [9.17, 15) is 4.79 Å². The first-order valence-corrected chi connectivity index (χ1v) is 7.95. The predicted molar refractivity (Wildman–Crippen MR) is 90.5 cm³/mol. The van der Waals surface area contributed by atoms with Crippen LogP contribution in [0.4, 0.5) is 0 Å². The van der Waals surface area contributed by atoms with Crippen molar-refractivity contribution in [1.29, 1.82) is 0 Å². The first-order chi connectivity index (χ1) is 12.2. The highest BCUT2D eigenvalue weighted by molar-refractivity contribution is 6.32. The van der Waals surface area contributed by atoms with E-state index in [1.807, 2.05) is 0 Å². The molecule has 0 atom stereocenters. The van der Waals surface area contributed by atoms with Crippen LogP contribution in [0.3, 0.4) is 0 Å². The second-order valence-corrected chi connectivity index (χ2v) is 5.55. The van der Waals surface area contributed by atoms with Gasteiger partial charge in [0.25, 0.3) is 5.91 Å². The zero-order chi connectivity index (χ0) is 17.6. The molecule has 0 aliphatic rings. The SMILES string of the molecule is [11CH3]Oc1ccc(-c2ocnc2C(=O)NCCCn2cncn2)cc1Cl. The molecule has 0 saturated carbocycles. The Bertz CT molecular complexity index is 847. The maximum atomic E-state index is 12.3. The molecule has 0 spiro atoms. The lowest BCUT2D eigenvalue weighted by atomic mass is 10.1. The van der Waals surface area contributed by atoms with Crippen molar-refractivity contribution in [2.24, 2.45) is 0 Å². The van der Waals surface area contributed by atoms with E-state index in [2.05, 4.69) is 20.4 Å². The van der Waals surface area contributed by atoms with E-state index in [-0.39, 0.29) is 11.6 Å². The third kappa shape index (κ3) is 3.97. The number of ether oxygens (including phenoxy) is 1. The third-order valence-corrected chi connectivity index (χ3v) is 3.81. The van der Waals surface area contributed by atoms with Crippen LogP contribution in [0, 0.1) is 0 Å². The van der Waals surface area contributed by atoms with Crippen molar-refractivity contribution in [1.82, 2.24) is 25.1 Å². The standard InChI is InChI=1S/C16H16ClN5O3/c1-24-13-4-3-11(7-12(13)17)15-14(20-10-25-15)16(23)19-5-2-6-22-9-18-8-21-22/h3-4,7-10H,2,5-6H2,1H3,(H,19,23)/i1-1. The second kappa shape index (κ2) is 7.80. The van der Waals surface area contributed by atoms with E-state index in [1.165, 1.54) is 19.8 Å². The first-order valence-electron chi connectivity index (χ1n) is 7.57. The van der Waals surface area contributed by atoms with Crippen LogP contribution in [0.25, 0.3) is 11.3 Å². The van der Waals surface area contributed by atoms with E-state index in [0.29, 0.717) is 35.2 Å². The maximum Gasteiger partial charge on any atom is 0.273 e. The monoisotopic (exact) mass is 360 g/mol. The number of halogens is 1. The highest BCUT2D eigenvalue weighted by Gasteiger charge is 2.18. The number of benzene rings is 1. The van der Waals surface area contributed by atoms with Gasteiger partial charge < -0.3 is 14.5 Å². The first kappa shape index (κ1) is 17.0. The fraction of sp³-hybridized carbons (Fsp3) is 0.250. The van der Waals surface area contributed by atoms with Crippen molar-refractivity contribution in [3.8, 4) is 17.1 Å². The van der Waals surface area contributed by atoms with Gasteiger partial charge in [-0.3, -0.25) is 9.48 Å². The van der Waals surface area contributed by atoms with E-state index in [4.69, 9.17) is 20.8 Å². The molecule has 1 aromatic carbocycles. The lowest BCUT2D eigenvalue weighted by Crippen LogP contribution is -2.26. The van der Waals surface area contributed by atoms with Gasteiger partial charge >= 0.3 is 0 Å². The van der Waals surface area contributed by atoms with E-state index >= 15 is 0 Å². The minimum Gasteiger partial charge on any atom is -0.495 e. The fourth-order valence-corrected chi connectivity index (χ4v) is 2.55. The summed E-state index contributed by atoms with van der Waals surface area (Å²) in [5.74, 6) is 0.594. The number of amides is 1. The number of hydrogen-bond acceptors (Lipinski definition) is 6. The molecule has 0 saturated heterocycles. The van der Waals surface area contributed by atoms with Crippen LogP contribution in [-0.2, 0) is 6.54 Å². The lowest BCUT2D eigenvalue weighted by Gasteiger charge is -2.06. The molecule has 9 heteroatoms. The number of nitrogens with one attached hydrogen (secondary N) is 1. The zero-order valence-electron chi connectivity index (χ0n) is 13.5. The van der Waals surface area contributed by atoms with Crippen LogP contribution in [-0.4, -0.2) is 39.3 Å². The van der Waals surface area contributed by atoms with E-state index in [0.717, 1.165) is 6.42 Å². The summed E-state index contributed by atoms with van der Waals surface area (Å²) in [5, 5.41) is 7.24. The summed E-state index contributed by atoms with van der Waals surface area (Å²) in [6.07, 6.45) is 5.06. The predicted octanol–water partition coefficient (Wildman–Crippen LogP) is 2.42. The Hall–Kier alpha value is -2.87. The van der Waals surface area contributed by atoms with Crippen LogP contribution in [0.2, 0.25) is 5.02 Å². The molecular weight excluding hydrogens is 345 g/mol. The smallest absolute Gasteiger partial charge is 0.273 e.